The highest BCUT2D eigenvalue weighted by Gasteiger charge is 2.47. The number of carbonyl (C=O) groups excluding carboxylic acids is 1. The first-order valence-electron chi connectivity index (χ1n) is 11.7. The highest BCUT2D eigenvalue weighted by molar-refractivity contribution is 6.74. The number of allylic oxidation sites excluding steroid dienone is 2. The van der Waals surface area contributed by atoms with E-state index in [4.69, 9.17) is 13.9 Å². The van der Waals surface area contributed by atoms with Crippen LogP contribution in [0.25, 0.3) is 0 Å². The molecule has 166 valence electrons. The smallest absolute Gasteiger partial charge is 0.192 e. The van der Waals surface area contributed by atoms with Crippen molar-refractivity contribution in [3.05, 3.63) is 11.1 Å². The summed E-state index contributed by atoms with van der Waals surface area (Å²) in [5.41, 5.74) is 2.45. The Morgan fingerprint density at radius 3 is 2.66 bits per heavy atom. The zero-order valence-electron chi connectivity index (χ0n) is 19.6. The summed E-state index contributed by atoms with van der Waals surface area (Å²) in [5, 5.41) is 0.213. The molecule has 2 aliphatic carbocycles. The van der Waals surface area contributed by atoms with Crippen molar-refractivity contribution >= 4 is 14.1 Å². The fraction of sp³-hybridized carbons (Fsp3) is 0.875. The van der Waals surface area contributed by atoms with Crippen LogP contribution in [0.2, 0.25) is 18.1 Å². The van der Waals surface area contributed by atoms with Gasteiger partial charge in [-0.2, -0.15) is 0 Å². The second-order valence-corrected chi connectivity index (χ2v) is 15.8. The van der Waals surface area contributed by atoms with Gasteiger partial charge < -0.3 is 13.9 Å². The minimum atomic E-state index is -1.81. The number of carbonyl (C=O) groups is 1. The molecule has 3 rings (SSSR count). The molecule has 1 heterocycles. The normalized spacial score (nSPS) is 31.3. The van der Waals surface area contributed by atoms with Crippen LogP contribution < -0.4 is 0 Å². The Morgan fingerprint density at radius 2 is 2.00 bits per heavy atom. The molecule has 0 amide bonds. The van der Waals surface area contributed by atoms with Gasteiger partial charge in [-0.1, -0.05) is 26.3 Å². The summed E-state index contributed by atoms with van der Waals surface area (Å²) in [6.07, 6.45) is 8.81. The van der Waals surface area contributed by atoms with Gasteiger partial charge >= 0.3 is 0 Å². The van der Waals surface area contributed by atoms with Gasteiger partial charge in [-0.15, -0.1) is 0 Å². The maximum atomic E-state index is 12.7. The van der Waals surface area contributed by atoms with Gasteiger partial charge in [0.05, 0.1) is 12.2 Å². The molecule has 2 fully saturated rings. The lowest BCUT2D eigenvalue weighted by molar-refractivity contribution is -0.162. The molecule has 1 saturated heterocycles. The van der Waals surface area contributed by atoms with Gasteiger partial charge in [-0.05, 0) is 87.9 Å². The number of rotatable bonds is 7. The fourth-order valence-corrected chi connectivity index (χ4v) is 6.66. The average molecular weight is 423 g/mol. The van der Waals surface area contributed by atoms with E-state index in [2.05, 4.69) is 40.8 Å². The molecule has 0 N–H and O–H groups in total. The summed E-state index contributed by atoms with van der Waals surface area (Å²) in [7, 11) is -1.81. The molecule has 0 aromatic carbocycles. The maximum Gasteiger partial charge on any atom is 0.192 e. The van der Waals surface area contributed by atoms with E-state index in [0.717, 1.165) is 57.1 Å². The molecule has 0 radical (unpaired) electrons. The molecule has 1 saturated carbocycles. The minimum Gasteiger partial charge on any atom is -0.412 e. The quantitative estimate of drug-likeness (QED) is 0.364. The summed E-state index contributed by atoms with van der Waals surface area (Å²) >= 11 is 0. The number of Topliss-reactive ketones (excluding diaryl/α,β-unsaturated/α-hetero) is 1. The number of hydrogen-bond donors (Lipinski definition) is 0. The molecule has 0 aromatic rings. The van der Waals surface area contributed by atoms with E-state index in [-0.39, 0.29) is 16.9 Å². The third kappa shape index (κ3) is 5.60. The Bertz CT molecular complexity index is 627. The average Bonchev–Trinajstić information content (AvgIpc) is 2.92. The van der Waals surface area contributed by atoms with Gasteiger partial charge in [0.2, 0.25) is 0 Å². The first-order chi connectivity index (χ1) is 13.5. The van der Waals surface area contributed by atoms with E-state index < -0.39 is 8.32 Å². The van der Waals surface area contributed by atoms with Crippen LogP contribution in [0.1, 0.15) is 85.5 Å². The van der Waals surface area contributed by atoms with Gasteiger partial charge in [0.15, 0.2) is 20.4 Å². The molecular weight excluding hydrogens is 380 g/mol. The molecular formula is C24H42O4Si. The number of fused-ring (bicyclic) bond motifs is 1. The van der Waals surface area contributed by atoms with Crippen molar-refractivity contribution in [2.75, 3.05) is 13.2 Å². The Balaban J connectivity index is 1.54. The SMILES string of the molecule is CC(C)(C)[Si](C)(C)O[C@]1(C)CCC2=C(CCCOC3CCCCO3)C(=O)CC2C1. The predicted molar refractivity (Wildman–Crippen MR) is 119 cm³/mol. The van der Waals surface area contributed by atoms with Crippen molar-refractivity contribution in [2.45, 2.75) is 116 Å². The first-order valence-corrected chi connectivity index (χ1v) is 14.6. The lowest BCUT2D eigenvalue weighted by atomic mass is 9.76. The first kappa shape index (κ1) is 23.2. The third-order valence-electron chi connectivity index (χ3n) is 7.57. The predicted octanol–water partition coefficient (Wildman–Crippen LogP) is 6.16. The van der Waals surface area contributed by atoms with Crippen molar-refractivity contribution in [1.82, 2.24) is 0 Å². The molecule has 0 aromatic heterocycles. The summed E-state index contributed by atoms with van der Waals surface area (Å²) in [6, 6.07) is 0. The van der Waals surface area contributed by atoms with E-state index in [1.807, 2.05) is 0 Å². The largest absolute Gasteiger partial charge is 0.412 e. The Labute approximate surface area is 178 Å². The van der Waals surface area contributed by atoms with Gasteiger partial charge in [0.25, 0.3) is 0 Å². The van der Waals surface area contributed by atoms with Gasteiger partial charge in [0, 0.05) is 13.0 Å². The lowest BCUT2D eigenvalue weighted by Gasteiger charge is -2.47. The van der Waals surface area contributed by atoms with Gasteiger partial charge in [-0.3, -0.25) is 4.79 Å². The Hall–Kier alpha value is -0.493. The van der Waals surface area contributed by atoms with Crippen LogP contribution in [0.3, 0.4) is 0 Å². The highest BCUT2D eigenvalue weighted by atomic mass is 28.4. The molecule has 3 atom stereocenters. The molecule has 29 heavy (non-hydrogen) atoms. The van der Waals surface area contributed by atoms with Crippen molar-refractivity contribution < 1.29 is 18.7 Å². The van der Waals surface area contributed by atoms with Crippen molar-refractivity contribution in [3.8, 4) is 0 Å². The van der Waals surface area contributed by atoms with Crippen molar-refractivity contribution in [3.63, 3.8) is 0 Å². The molecule has 0 spiro atoms. The Morgan fingerprint density at radius 1 is 1.24 bits per heavy atom. The molecule has 5 heteroatoms. The maximum absolute atomic E-state index is 12.7. The van der Waals surface area contributed by atoms with Crippen LogP contribution >= 0.6 is 0 Å². The summed E-state index contributed by atoms with van der Waals surface area (Å²) in [6.45, 7) is 15.4. The van der Waals surface area contributed by atoms with Crippen LogP contribution in [0.5, 0.6) is 0 Å². The van der Waals surface area contributed by atoms with E-state index in [9.17, 15) is 4.79 Å². The second kappa shape index (κ2) is 8.94. The minimum absolute atomic E-state index is 0.0312. The molecule has 2 unspecified atom stereocenters. The van der Waals surface area contributed by atoms with Crippen LogP contribution in [-0.4, -0.2) is 39.2 Å². The highest BCUT2D eigenvalue weighted by Crippen LogP contribution is 2.49. The molecule has 3 aliphatic rings. The zero-order chi connectivity index (χ0) is 21.3. The standard InChI is InChI=1S/C24H42O4Si/c1-23(2,3)29(5,6)28-24(4)13-12-19-18(17-24)16-21(25)20(19)10-9-15-27-22-11-7-8-14-26-22/h18,22H,7-17H2,1-6H3/t18?,22?,24-/m1/s1. The van der Waals surface area contributed by atoms with E-state index in [1.165, 1.54) is 12.0 Å². The van der Waals surface area contributed by atoms with Crippen LogP contribution in [0.4, 0.5) is 0 Å². The fourth-order valence-electron chi connectivity index (χ4n) is 4.94. The molecule has 4 nitrogen and oxygen atoms in total. The number of ether oxygens (including phenoxy) is 2. The monoisotopic (exact) mass is 422 g/mol. The third-order valence-corrected chi connectivity index (χ3v) is 12.2. The van der Waals surface area contributed by atoms with E-state index in [0.29, 0.717) is 24.7 Å². The zero-order valence-corrected chi connectivity index (χ0v) is 20.6. The van der Waals surface area contributed by atoms with E-state index >= 15 is 0 Å². The summed E-state index contributed by atoms with van der Waals surface area (Å²) in [5.74, 6) is 0.763. The van der Waals surface area contributed by atoms with Crippen LogP contribution in [-0.2, 0) is 18.7 Å². The van der Waals surface area contributed by atoms with E-state index in [1.54, 1.807) is 0 Å². The van der Waals surface area contributed by atoms with Crippen molar-refractivity contribution in [2.24, 2.45) is 5.92 Å². The summed E-state index contributed by atoms with van der Waals surface area (Å²) < 4.78 is 18.3. The Kier molecular flexibility index (Phi) is 7.14. The van der Waals surface area contributed by atoms with Gasteiger partial charge in [-0.25, -0.2) is 0 Å². The topological polar surface area (TPSA) is 44.8 Å². The van der Waals surface area contributed by atoms with Crippen LogP contribution in [0, 0.1) is 5.92 Å². The van der Waals surface area contributed by atoms with Crippen molar-refractivity contribution in [1.29, 1.82) is 0 Å². The lowest BCUT2D eigenvalue weighted by Crippen LogP contribution is -2.50. The van der Waals surface area contributed by atoms with Crippen LogP contribution in [0.15, 0.2) is 11.1 Å². The molecule has 0 bridgehead atoms. The second-order valence-electron chi connectivity index (χ2n) is 11.1. The van der Waals surface area contributed by atoms with Gasteiger partial charge in [0.1, 0.15) is 0 Å². The number of ketones is 1. The molecule has 1 aliphatic heterocycles. The summed E-state index contributed by atoms with van der Waals surface area (Å²) in [4.78, 5) is 12.7. The number of hydrogen-bond acceptors (Lipinski definition) is 4.